The van der Waals surface area contributed by atoms with Gasteiger partial charge < -0.3 is 0 Å². The third-order valence-electron chi connectivity index (χ3n) is 3.03. The van der Waals surface area contributed by atoms with E-state index in [0.717, 1.165) is 15.8 Å². The molecule has 3 rings (SSSR count). The molecule has 3 nitrogen and oxygen atoms in total. The predicted molar refractivity (Wildman–Crippen MR) is 88.8 cm³/mol. The van der Waals surface area contributed by atoms with Gasteiger partial charge in [-0.2, -0.15) is 0 Å². The lowest BCUT2D eigenvalue weighted by Gasteiger charge is -2.05. The van der Waals surface area contributed by atoms with Gasteiger partial charge in [0.2, 0.25) is 0 Å². The molecule has 0 fully saturated rings. The summed E-state index contributed by atoms with van der Waals surface area (Å²) in [5.41, 5.74) is 2.22. The van der Waals surface area contributed by atoms with E-state index in [0.29, 0.717) is 15.2 Å². The Hall–Kier alpha value is -1.62. The van der Waals surface area contributed by atoms with Gasteiger partial charge in [-0.1, -0.05) is 52.7 Å². The number of para-hydroxylation sites is 1. The molecule has 1 heterocycles. The van der Waals surface area contributed by atoms with Crippen LogP contribution in [0.2, 0.25) is 10.0 Å². The molecule has 0 saturated heterocycles. The van der Waals surface area contributed by atoms with Crippen LogP contribution in [0.15, 0.2) is 36.4 Å². The summed E-state index contributed by atoms with van der Waals surface area (Å²) in [5.74, 6) is -0.359. The highest BCUT2D eigenvalue weighted by molar-refractivity contribution is 7.22. The molecule has 1 aromatic heterocycles. The van der Waals surface area contributed by atoms with Crippen molar-refractivity contribution in [2.75, 3.05) is 5.32 Å². The number of carbonyl (C=O) groups is 1. The molecule has 6 heteroatoms. The van der Waals surface area contributed by atoms with Crippen molar-refractivity contribution in [2.24, 2.45) is 0 Å². The monoisotopic (exact) mass is 336 g/mol. The highest BCUT2D eigenvalue weighted by Crippen LogP contribution is 2.30. The minimum Gasteiger partial charge on any atom is -0.298 e. The Labute approximate surface area is 135 Å². The Morgan fingerprint density at radius 3 is 2.48 bits per heavy atom. The van der Waals surface area contributed by atoms with Crippen LogP contribution in [0, 0.1) is 6.92 Å². The Morgan fingerprint density at radius 2 is 1.81 bits per heavy atom. The van der Waals surface area contributed by atoms with Gasteiger partial charge in [0.15, 0.2) is 5.13 Å². The molecule has 0 spiro atoms. The van der Waals surface area contributed by atoms with Gasteiger partial charge in [-0.25, -0.2) is 4.98 Å². The van der Waals surface area contributed by atoms with Crippen molar-refractivity contribution in [1.82, 2.24) is 4.98 Å². The number of nitrogens with one attached hydrogen (secondary N) is 1. The molecule has 0 atom stereocenters. The van der Waals surface area contributed by atoms with Crippen molar-refractivity contribution >= 4 is 55.8 Å². The zero-order valence-corrected chi connectivity index (χ0v) is 13.3. The second-order valence-corrected chi connectivity index (χ2v) is 6.34. The summed E-state index contributed by atoms with van der Waals surface area (Å²) in [6.45, 7) is 1.98. The van der Waals surface area contributed by atoms with Gasteiger partial charge in [0.1, 0.15) is 0 Å². The maximum Gasteiger partial charge on any atom is 0.260 e. The van der Waals surface area contributed by atoms with E-state index in [9.17, 15) is 4.79 Å². The first kappa shape index (κ1) is 14.3. The molecule has 1 amide bonds. The molecule has 0 bridgehead atoms. The molecular formula is C15H10Cl2N2OS. The van der Waals surface area contributed by atoms with Crippen LogP contribution in [-0.2, 0) is 0 Å². The number of hydrogen-bond acceptors (Lipinski definition) is 3. The maximum atomic E-state index is 12.3. The fourth-order valence-corrected chi connectivity index (χ4v) is 3.52. The van der Waals surface area contributed by atoms with Crippen LogP contribution in [0.1, 0.15) is 15.9 Å². The third kappa shape index (κ3) is 2.75. The van der Waals surface area contributed by atoms with Crippen LogP contribution >= 0.6 is 34.5 Å². The number of amides is 1. The molecule has 0 saturated carbocycles. The zero-order chi connectivity index (χ0) is 15.0. The quantitative estimate of drug-likeness (QED) is 0.701. The Kier molecular flexibility index (Phi) is 3.85. The van der Waals surface area contributed by atoms with Crippen molar-refractivity contribution in [3.63, 3.8) is 0 Å². The number of fused-ring (bicyclic) bond motifs is 1. The van der Waals surface area contributed by atoms with Crippen molar-refractivity contribution in [2.45, 2.75) is 6.92 Å². The van der Waals surface area contributed by atoms with Crippen LogP contribution in [0.25, 0.3) is 10.2 Å². The average Bonchev–Trinajstić information content (AvgIpc) is 2.82. The predicted octanol–water partition coefficient (Wildman–Crippen LogP) is 5.16. The molecule has 0 aliphatic heterocycles. The van der Waals surface area contributed by atoms with Crippen LogP contribution in [-0.4, -0.2) is 10.9 Å². The van der Waals surface area contributed by atoms with Gasteiger partial charge in [0.25, 0.3) is 5.91 Å². The van der Waals surface area contributed by atoms with Crippen LogP contribution in [0.3, 0.4) is 0 Å². The minimum atomic E-state index is -0.359. The van der Waals surface area contributed by atoms with Gasteiger partial charge in [0, 0.05) is 0 Å². The van der Waals surface area contributed by atoms with Crippen LogP contribution in [0.5, 0.6) is 0 Å². The standard InChI is InChI=1S/C15H10Cl2N2OS/c1-8-4-2-7-11-13(8)18-15(21-11)19-14(20)12-9(16)5-3-6-10(12)17/h2-7H,1H3,(H,18,19,20). The summed E-state index contributed by atoms with van der Waals surface area (Å²) < 4.78 is 1.02. The highest BCUT2D eigenvalue weighted by Gasteiger charge is 2.16. The fourth-order valence-electron chi connectivity index (χ4n) is 2.01. The number of thiazole rings is 1. The van der Waals surface area contributed by atoms with E-state index >= 15 is 0 Å². The number of rotatable bonds is 2. The molecule has 1 N–H and O–H groups in total. The second kappa shape index (κ2) is 5.64. The second-order valence-electron chi connectivity index (χ2n) is 4.49. The van der Waals surface area contributed by atoms with Gasteiger partial charge in [-0.15, -0.1) is 0 Å². The fraction of sp³-hybridized carbons (Fsp3) is 0.0667. The van der Waals surface area contributed by atoms with Crippen molar-refractivity contribution in [3.05, 3.63) is 57.6 Å². The van der Waals surface area contributed by atoms with Crippen molar-refractivity contribution in [1.29, 1.82) is 0 Å². The minimum absolute atomic E-state index is 0.261. The number of carbonyl (C=O) groups excluding carboxylic acids is 1. The van der Waals surface area contributed by atoms with Crippen LogP contribution in [0.4, 0.5) is 5.13 Å². The molecule has 106 valence electrons. The van der Waals surface area contributed by atoms with Gasteiger partial charge >= 0.3 is 0 Å². The Morgan fingerprint density at radius 1 is 1.14 bits per heavy atom. The number of halogens is 2. The number of aryl methyl sites for hydroxylation is 1. The van der Waals surface area contributed by atoms with E-state index in [2.05, 4.69) is 10.3 Å². The number of benzene rings is 2. The van der Waals surface area contributed by atoms with Crippen molar-refractivity contribution in [3.8, 4) is 0 Å². The maximum absolute atomic E-state index is 12.3. The first-order chi connectivity index (χ1) is 10.1. The molecule has 0 aliphatic rings. The number of hydrogen-bond donors (Lipinski definition) is 1. The molecular weight excluding hydrogens is 327 g/mol. The Balaban J connectivity index is 1.95. The van der Waals surface area contributed by atoms with E-state index < -0.39 is 0 Å². The molecule has 0 unspecified atom stereocenters. The zero-order valence-electron chi connectivity index (χ0n) is 11.0. The van der Waals surface area contributed by atoms with Gasteiger partial charge in [-0.05, 0) is 30.7 Å². The number of anilines is 1. The van der Waals surface area contributed by atoms with E-state index in [4.69, 9.17) is 23.2 Å². The topological polar surface area (TPSA) is 42.0 Å². The lowest BCUT2D eigenvalue weighted by Crippen LogP contribution is -2.12. The summed E-state index contributed by atoms with van der Waals surface area (Å²) in [7, 11) is 0. The summed E-state index contributed by atoms with van der Waals surface area (Å²) in [6, 6.07) is 10.9. The molecule has 0 radical (unpaired) electrons. The number of aromatic nitrogens is 1. The van der Waals surface area contributed by atoms with Gasteiger partial charge in [0.05, 0.1) is 25.8 Å². The number of nitrogens with zero attached hydrogens (tertiary/aromatic N) is 1. The summed E-state index contributed by atoms with van der Waals surface area (Å²) in [5, 5.41) is 3.92. The van der Waals surface area contributed by atoms with Crippen LogP contribution < -0.4 is 5.32 Å². The summed E-state index contributed by atoms with van der Waals surface area (Å²) in [4.78, 5) is 16.7. The van der Waals surface area contributed by atoms with E-state index in [1.54, 1.807) is 18.2 Å². The lowest BCUT2D eigenvalue weighted by atomic mass is 10.2. The average molecular weight is 337 g/mol. The molecule has 21 heavy (non-hydrogen) atoms. The summed E-state index contributed by atoms with van der Waals surface area (Å²) in [6.07, 6.45) is 0. The van der Waals surface area contributed by atoms with E-state index in [1.165, 1.54) is 11.3 Å². The normalized spacial score (nSPS) is 10.8. The molecule has 2 aromatic carbocycles. The largest absolute Gasteiger partial charge is 0.298 e. The molecule has 3 aromatic rings. The SMILES string of the molecule is Cc1cccc2sc(NC(=O)c3c(Cl)cccc3Cl)nc12. The smallest absolute Gasteiger partial charge is 0.260 e. The van der Waals surface area contributed by atoms with E-state index in [-0.39, 0.29) is 11.5 Å². The first-order valence-corrected chi connectivity index (χ1v) is 7.75. The van der Waals surface area contributed by atoms with Gasteiger partial charge in [-0.3, -0.25) is 10.1 Å². The lowest BCUT2D eigenvalue weighted by molar-refractivity contribution is 0.102. The third-order valence-corrected chi connectivity index (χ3v) is 4.60. The summed E-state index contributed by atoms with van der Waals surface area (Å²) >= 11 is 13.5. The Bertz CT molecular complexity index is 825. The van der Waals surface area contributed by atoms with Crippen molar-refractivity contribution < 1.29 is 4.79 Å². The molecule has 0 aliphatic carbocycles. The first-order valence-electron chi connectivity index (χ1n) is 6.18. The van der Waals surface area contributed by atoms with E-state index in [1.807, 2.05) is 25.1 Å². The highest BCUT2D eigenvalue weighted by atomic mass is 35.5.